The van der Waals surface area contributed by atoms with E-state index >= 15 is 0 Å². The summed E-state index contributed by atoms with van der Waals surface area (Å²) in [5.74, 6) is 0.134. The first kappa shape index (κ1) is 23.4. The molecule has 2 aliphatic heterocycles. The van der Waals surface area contributed by atoms with Gasteiger partial charge in [0, 0.05) is 54.6 Å². The molecule has 5 rings (SSSR count). The van der Waals surface area contributed by atoms with Crippen LogP contribution in [0.1, 0.15) is 45.8 Å². The molecular formula is C26H27N5O5. The molecule has 10 heteroatoms. The number of anilines is 2. The van der Waals surface area contributed by atoms with Crippen LogP contribution in [0.2, 0.25) is 0 Å². The number of carbonyl (C=O) groups is 3. The third-order valence-corrected chi connectivity index (χ3v) is 6.63. The summed E-state index contributed by atoms with van der Waals surface area (Å²) >= 11 is 0. The van der Waals surface area contributed by atoms with Gasteiger partial charge in [0.2, 0.25) is 5.91 Å². The second-order valence-electron chi connectivity index (χ2n) is 8.75. The van der Waals surface area contributed by atoms with Crippen molar-refractivity contribution in [2.24, 2.45) is 5.73 Å². The summed E-state index contributed by atoms with van der Waals surface area (Å²) in [4.78, 5) is 41.7. The van der Waals surface area contributed by atoms with Crippen LogP contribution in [0.15, 0.2) is 42.5 Å². The Morgan fingerprint density at radius 2 is 1.50 bits per heavy atom. The molecule has 0 aliphatic carbocycles. The monoisotopic (exact) mass is 489 g/mol. The summed E-state index contributed by atoms with van der Waals surface area (Å²) in [6, 6.07) is 12.5. The lowest BCUT2D eigenvalue weighted by molar-refractivity contribution is -0.119. The van der Waals surface area contributed by atoms with Crippen LogP contribution in [-0.2, 0) is 11.2 Å². The van der Waals surface area contributed by atoms with E-state index in [-0.39, 0.29) is 23.2 Å². The van der Waals surface area contributed by atoms with Crippen molar-refractivity contribution in [3.05, 3.63) is 59.4 Å². The van der Waals surface area contributed by atoms with Gasteiger partial charge in [-0.05, 0) is 43.5 Å². The van der Waals surface area contributed by atoms with Crippen LogP contribution < -0.4 is 25.0 Å². The van der Waals surface area contributed by atoms with Crippen molar-refractivity contribution in [2.45, 2.75) is 25.7 Å². The molecule has 2 aliphatic rings. The van der Waals surface area contributed by atoms with Crippen molar-refractivity contribution in [1.29, 1.82) is 0 Å². The van der Waals surface area contributed by atoms with Crippen molar-refractivity contribution >= 4 is 29.1 Å². The molecule has 3 aromatic rings. The van der Waals surface area contributed by atoms with Crippen LogP contribution in [-0.4, -0.2) is 54.8 Å². The third kappa shape index (κ3) is 4.04. The van der Waals surface area contributed by atoms with Crippen molar-refractivity contribution in [1.82, 2.24) is 9.78 Å². The SMILES string of the molecule is COc1cc(OC)cc(-n2nc(C(N)=O)c3c2C(=O)N(c2ccc(N4CCCCC4=O)cc2)CC3)c1. The van der Waals surface area contributed by atoms with E-state index < -0.39 is 5.91 Å². The van der Waals surface area contributed by atoms with Crippen molar-refractivity contribution in [3.63, 3.8) is 0 Å². The van der Waals surface area contributed by atoms with Gasteiger partial charge >= 0.3 is 0 Å². The molecule has 186 valence electrons. The number of amides is 3. The average Bonchev–Trinajstić information content (AvgIpc) is 3.30. The van der Waals surface area contributed by atoms with Gasteiger partial charge in [0.1, 0.15) is 17.2 Å². The maximum absolute atomic E-state index is 13.8. The Morgan fingerprint density at radius 1 is 0.861 bits per heavy atom. The molecule has 2 N–H and O–H groups in total. The number of aromatic nitrogens is 2. The van der Waals surface area contributed by atoms with Gasteiger partial charge in [-0.2, -0.15) is 5.10 Å². The molecular weight excluding hydrogens is 462 g/mol. The van der Waals surface area contributed by atoms with E-state index in [2.05, 4.69) is 5.10 Å². The number of piperidine rings is 1. The predicted molar refractivity (Wildman–Crippen MR) is 133 cm³/mol. The number of fused-ring (bicyclic) bond motifs is 1. The summed E-state index contributed by atoms with van der Waals surface area (Å²) in [7, 11) is 3.06. The zero-order chi connectivity index (χ0) is 25.4. The van der Waals surface area contributed by atoms with Gasteiger partial charge < -0.3 is 25.0 Å². The van der Waals surface area contributed by atoms with E-state index in [1.165, 1.54) is 18.9 Å². The Hall–Kier alpha value is -4.34. The van der Waals surface area contributed by atoms with Gasteiger partial charge in [-0.15, -0.1) is 0 Å². The molecule has 0 bridgehead atoms. The molecule has 2 aromatic carbocycles. The van der Waals surface area contributed by atoms with Gasteiger partial charge in [-0.3, -0.25) is 14.4 Å². The minimum absolute atomic E-state index is 0.0683. The number of benzene rings is 2. The lowest BCUT2D eigenvalue weighted by Crippen LogP contribution is -2.39. The minimum Gasteiger partial charge on any atom is -0.497 e. The van der Waals surface area contributed by atoms with Crippen molar-refractivity contribution in [2.75, 3.05) is 37.1 Å². The zero-order valence-electron chi connectivity index (χ0n) is 20.2. The van der Waals surface area contributed by atoms with Gasteiger partial charge in [-0.1, -0.05) is 0 Å². The number of nitrogens with two attached hydrogens (primary N) is 1. The number of hydrogen-bond acceptors (Lipinski definition) is 6. The molecule has 1 saturated heterocycles. The lowest BCUT2D eigenvalue weighted by Gasteiger charge is -2.29. The summed E-state index contributed by atoms with van der Waals surface area (Å²) in [6.07, 6.45) is 2.85. The van der Waals surface area contributed by atoms with Gasteiger partial charge in [0.25, 0.3) is 11.8 Å². The molecule has 0 atom stereocenters. The van der Waals surface area contributed by atoms with Crippen LogP contribution in [0.3, 0.4) is 0 Å². The topological polar surface area (TPSA) is 120 Å². The fourth-order valence-corrected chi connectivity index (χ4v) is 4.80. The van der Waals surface area contributed by atoms with Gasteiger partial charge in [0.05, 0.1) is 19.9 Å². The predicted octanol–water partition coefficient (Wildman–Crippen LogP) is 2.71. The number of rotatable bonds is 6. The fourth-order valence-electron chi connectivity index (χ4n) is 4.80. The third-order valence-electron chi connectivity index (χ3n) is 6.63. The molecule has 1 aromatic heterocycles. The fraction of sp³-hybridized carbons (Fsp3) is 0.308. The minimum atomic E-state index is -0.698. The number of primary amides is 1. The van der Waals surface area contributed by atoms with Crippen LogP contribution in [0, 0.1) is 0 Å². The molecule has 1 fully saturated rings. The number of carbonyl (C=O) groups excluding carboxylic acids is 3. The number of hydrogen-bond donors (Lipinski definition) is 1. The highest BCUT2D eigenvalue weighted by Crippen LogP contribution is 2.32. The Balaban J connectivity index is 1.53. The maximum atomic E-state index is 13.8. The van der Waals surface area contributed by atoms with E-state index in [1.807, 2.05) is 24.3 Å². The Bertz CT molecular complexity index is 1330. The van der Waals surface area contributed by atoms with Crippen molar-refractivity contribution in [3.8, 4) is 17.2 Å². The van der Waals surface area contributed by atoms with E-state index in [9.17, 15) is 14.4 Å². The van der Waals surface area contributed by atoms with Crippen LogP contribution in [0.5, 0.6) is 11.5 Å². The molecule has 3 heterocycles. The normalized spacial score (nSPS) is 15.6. The van der Waals surface area contributed by atoms with Crippen molar-refractivity contribution < 1.29 is 23.9 Å². The smallest absolute Gasteiger partial charge is 0.277 e. The van der Waals surface area contributed by atoms with E-state index in [1.54, 1.807) is 28.0 Å². The molecule has 36 heavy (non-hydrogen) atoms. The van der Waals surface area contributed by atoms with Gasteiger partial charge in [0.15, 0.2) is 5.69 Å². The Morgan fingerprint density at radius 3 is 2.08 bits per heavy atom. The highest BCUT2D eigenvalue weighted by Gasteiger charge is 2.35. The highest BCUT2D eigenvalue weighted by molar-refractivity contribution is 6.09. The van der Waals surface area contributed by atoms with Crippen LogP contribution in [0.4, 0.5) is 11.4 Å². The molecule has 0 saturated carbocycles. The Labute approximate surface area is 208 Å². The second-order valence-corrected chi connectivity index (χ2v) is 8.75. The van der Waals surface area contributed by atoms with Gasteiger partial charge in [-0.25, -0.2) is 4.68 Å². The molecule has 10 nitrogen and oxygen atoms in total. The number of ether oxygens (including phenoxy) is 2. The van der Waals surface area contributed by atoms with E-state index in [4.69, 9.17) is 15.2 Å². The summed E-state index contributed by atoms with van der Waals surface area (Å²) in [6.45, 7) is 1.06. The first-order chi connectivity index (χ1) is 17.4. The average molecular weight is 490 g/mol. The lowest BCUT2D eigenvalue weighted by atomic mass is 10.0. The number of nitrogens with zero attached hydrogens (tertiary/aromatic N) is 4. The number of methoxy groups -OCH3 is 2. The quantitative estimate of drug-likeness (QED) is 0.569. The summed E-state index contributed by atoms with van der Waals surface area (Å²) in [5.41, 5.74) is 8.47. The zero-order valence-corrected chi connectivity index (χ0v) is 20.2. The molecule has 0 unspecified atom stereocenters. The largest absolute Gasteiger partial charge is 0.497 e. The summed E-state index contributed by atoms with van der Waals surface area (Å²) < 4.78 is 12.2. The molecule has 0 radical (unpaired) electrons. The van der Waals surface area contributed by atoms with Crippen LogP contribution in [0.25, 0.3) is 5.69 Å². The molecule has 0 spiro atoms. The molecule has 3 amide bonds. The standard InChI is InChI=1S/C26H27N5O5/c1-35-19-13-18(14-20(15-19)36-2)31-24-21(23(28-31)25(27)33)10-12-30(26(24)34)17-8-6-16(7-9-17)29-11-4-3-5-22(29)32/h6-9,13-15H,3-5,10-12H2,1-2H3,(H2,27,33). The van der Waals surface area contributed by atoms with E-state index in [0.717, 1.165) is 18.5 Å². The first-order valence-corrected chi connectivity index (χ1v) is 11.8. The Kier molecular flexibility index (Phi) is 6.09. The van der Waals surface area contributed by atoms with Crippen LogP contribution >= 0.6 is 0 Å². The van der Waals surface area contributed by atoms with E-state index in [0.29, 0.717) is 54.4 Å². The highest BCUT2D eigenvalue weighted by atomic mass is 16.5. The first-order valence-electron chi connectivity index (χ1n) is 11.8. The second kappa shape index (κ2) is 9.37. The maximum Gasteiger partial charge on any atom is 0.277 e. The summed E-state index contributed by atoms with van der Waals surface area (Å²) in [5, 5.41) is 4.41.